The standard InChI is InChI=1S/C12H17Br2NO/c1-3-4-15-12(8-16-2)9-5-10(13)7-11(14)6-9/h5-7,12,15H,3-4,8H2,1-2H3. The molecule has 1 N–H and O–H groups in total. The molecule has 0 fully saturated rings. The third-order valence-corrected chi connectivity index (χ3v) is 3.18. The molecular weight excluding hydrogens is 334 g/mol. The number of benzene rings is 1. The van der Waals surface area contributed by atoms with Crippen molar-refractivity contribution >= 4 is 31.9 Å². The molecule has 0 spiro atoms. The fraction of sp³-hybridized carbons (Fsp3) is 0.500. The number of halogens is 2. The summed E-state index contributed by atoms with van der Waals surface area (Å²) < 4.78 is 7.40. The Labute approximate surface area is 114 Å². The minimum atomic E-state index is 0.249. The molecule has 90 valence electrons. The van der Waals surface area contributed by atoms with Gasteiger partial charge in [-0.2, -0.15) is 0 Å². The molecule has 4 heteroatoms. The molecule has 0 saturated carbocycles. The first kappa shape index (κ1) is 14.2. The molecule has 1 rings (SSSR count). The van der Waals surface area contributed by atoms with Crippen molar-refractivity contribution in [2.24, 2.45) is 0 Å². The molecule has 1 aromatic carbocycles. The average Bonchev–Trinajstić information content (AvgIpc) is 2.22. The smallest absolute Gasteiger partial charge is 0.0657 e. The molecule has 16 heavy (non-hydrogen) atoms. The zero-order valence-corrected chi connectivity index (χ0v) is 12.8. The zero-order valence-electron chi connectivity index (χ0n) is 9.59. The summed E-state index contributed by atoms with van der Waals surface area (Å²) in [7, 11) is 1.73. The van der Waals surface area contributed by atoms with Crippen LogP contribution in [0.25, 0.3) is 0 Å². The van der Waals surface area contributed by atoms with E-state index in [-0.39, 0.29) is 6.04 Å². The Morgan fingerprint density at radius 2 is 1.88 bits per heavy atom. The summed E-state index contributed by atoms with van der Waals surface area (Å²) in [5.74, 6) is 0. The van der Waals surface area contributed by atoms with E-state index in [9.17, 15) is 0 Å². The van der Waals surface area contributed by atoms with Gasteiger partial charge in [0, 0.05) is 16.1 Å². The summed E-state index contributed by atoms with van der Waals surface area (Å²) in [6, 6.07) is 6.53. The molecule has 0 aliphatic rings. The van der Waals surface area contributed by atoms with E-state index in [0.29, 0.717) is 6.61 Å². The van der Waals surface area contributed by atoms with Crippen LogP contribution in [0.4, 0.5) is 0 Å². The third kappa shape index (κ3) is 4.53. The summed E-state index contributed by atoms with van der Waals surface area (Å²) >= 11 is 7.00. The molecule has 0 amide bonds. The normalized spacial score (nSPS) is 12.8. The monoisotopic (exact) mass is 349 g/mol. The lowest BCUT2D eigenvalue weighted by atomic mass is 10.1. The quantitative estimate of drug-likeness (QED) is 0.840. The minimum absolute atomic E-state index is 0.249. The maximum absolute atomic E-state index is 5.24. The Morgan fingerprint density at radius 3 is 2.38 bits per heavy atom. The molecule has 0 heterocycles. The van der Waals surface area contributed by atoms with Crippen LogP contribution in [0.5, 0.6) is 0 Å². The lowest BCUT2D eigenvalue weighted by Gasteiger charge is -2.18. The number of hydrogen-bond donors (Lipinski definition) is 1. The van der Waals surface area contributed by atoms with Crippen LogP contribution in [0.1, 0.15) is 24.9 Å². The van der Waals surface area contributed by atoms with Crippen molar-refractivity contribution in [1.29, 1.82) is 0 Å². The summed E-state index contributed by atoms with van der Waals surface area (Å²) in [6.07, 6.45) is 1.12. The predicted octanol–water partition coefficient (Wildman–Crippen LogP) is 3.90. The van der Waals surface area contributed by atoms with Crippen molar-refractivity contribution in [3.63, 3.8) is 0 Å². The minimum Gasteiger partial charge on any atom is -0.383 e. The number of rotatable bonds is 6. The highest BCUT2D eigenvalue weighted by Crippen LogP contribution is 2.24. The molecular formula is C12H17Br2NO. The van der Waals surface area contributed by atoms with Gasteiger partial charge in [-0.3, -0.25) is 0 Å². The van der Waals surface area contributed by atoms with Crippen molar-refractivity contribution in [2.75, 3.05) is 20.3 Å². The van der Waals surface area contributed by atoms with E-state index >= 15 is 0 Å². The summed E-state index contributed by atoms with van der Waals surface area (Å²) in [4.78, 5) is 0. The highest BCUT2D eigenvalue weighted by atomic mass is 79.9. The fourth-order valence-electron chi connectivity index (χ4n) is 1.53. The van der Waals surface area contributed by atoms with Gasteiger partial charge in [0.05, 0.1) is 12.6 Å². The van der Waals surface area contributed by atoms with E-state index in [0.717, 1.165) is 21.9 Å². The van der Waals surface area contributed by atoms with Crippen LogP contribution < -0.4 is 5.32 Å². The molecule has 0 radical (unpaired) electrons. The number of hydrogen-bond acceptors (Lipinski definition) is 2. The summed E-state index contributed by atoms with van der Waals surface area (Å²) in [5.41, 5.74) is 1.23. The van der Waals surface area contributed by atoms with Gasteiger partial charge in [0.2, 0.25) is 0 Å². The number of nitrogens with one attached hydrogen (secondary N) is 1. The average molecular weight is 351 g/mol. The van der Waals surface area contributed by atoms with Crippen LogP contribution in [0.2, 0.25) is 0 Å². The zero-order chi connectivity index (χ0) is 12.0. The first-order valence-corrected chi connectivity index (χ1v) is 6.94. The van der Waals surface area contributed by atoms with Gasteiger partial charge in [-0.05, 0) is 36.7 Å². The van der Waals surface area contributed by atoms with Gasteiger partial charge in [0.25, 0.3) is 0 Å². The van der Waals surface area contributed by atoms with E-state index in [1.807, 2.05) is 6.07 Å². The van der Waals surface area contributed by atoms with Gasteiger partial charge in [-0.25, -0.2) is 0 Å². The Morgan fingerprint density at radius 1 is 1.25 bits per heavy atom. The number of ether oxygens (including phenoxy) is 1. The molecule has 1 aromatic rings. The van der Waals surface area contributed by atoms with Crippen LogP contribution in [0, 0.1) is 0 Å². The van der Waals surface area contributed by atoms with Crippen molar-refractivity contribution in [2.45, 2.75) is 19.4 Å². The van der Waals surface area contributed by atoms with Gasteiger partial charge >= 0.3 is 0 Å². The fourth-order valence-corrected chi connectivity index (χ4v) is 2.86. The van der Waals surface area contributed by atoms with Gasteiger partial charge in [0.1, 0.15) is 0 Å². The van der Waals surface area contributed by atoms with Crippen molar-refractivity contribution in [1.82, 2.24) is 5.32 Å². The van der Waals surface area contributed by atoms with Crippen molar-refractivity contribution < 1.29 is 4.74 Å². The van der Waals surface area contributed by atoms with E-state index in [1.54, 1.807) is 7.11 Å². The summed E-state index contributed by atoms with van der Waals surface area (Å²) in [5, 5.41) is 3.47. The lowest BCUT2D eigenvalue weighted by molar-refractivity contribution is 0.167. The number of methoxy groups -OCH3 is 1. The molecule has 1 atom stereocenters. The molecule has 0 aliphatic carbocycles. The predicted molar refractivity (Wildman–Crippen MR) is 74.8 cm³/mol. The Balaban J connectivity index is 2.82. The van der Waals surface area contributed by atoms with Crippen molar-refractivity contribution in [3.8, 4) is 0 Å². The van der Waals surface area contributed by atoms with Gasteiger partial charge in [-0.1, -0.05) is 38.8 Å². The van der Waals surface area contributed by atoms with Gasteiger partial charge in [-0.15, -0.1) is 0 Å². The van der Waals surface area contributed by atoms with E-state index in [2.05, 4.69) is 56.2 Å². The highest BCUT2D eigenvalue weighted by molar-refractivity contribution is 9.11. The molecule has 0 aliphatic heterocycles. The van der Waals surface area contributed by atoms with Crippen LogP contribution in [0.3, 0.4) is 0 Å². The van der Waals surface area contributed by atoms with Crippen molar-refractivity contribution in [3.05, 3.63) is 32.7 Å². The third-order valence-electron chi connectivity index (χ3n) is 2.26. The first-order valence-electron chi connectivity index (χ1n) is 5.35. The van der Waals surface area contributed by atoms with Crippen LogP contribution >= 0.6 is 31.9 Å². The summed E-state index contributed by atoms with van der Waals surface area (Å²) in [6.45, 7) is 3.84. The largest absolute Gasteiger partial charge is 0.383 e. The lowest BCUT2D eigenvalue weighted by Crippen LogP contribution is -2.25. The second-order valence-corrected chi connectivity index (χ2v) is 5.50. The molecule has 1 unspecified atom stereocenters. The SMILES string of the molecule is CCCNC(COC)c1cc(Br)cc(Br)c1. The second-order valence-electron chi connectivity index (χ2n) is 3.66. The Bertz CT molecular complexity index is 311. The van der Waals surface area contributed by atoms with Gasteiger partial charge in [0.15, 0.2) is 0 Å². The Kier molecular flexibility index (Phi) is 6.58. The van der Waals surface area contributed by atoms with Crippen LogP contribution in [-0.2, 0) is 4.74 Å². The maximum atomic E-state index is 5.24. The molecule has 0 saturated heterocycles. The highest BCUT2D eigenvalue weighted by Gasteiger charge is 2.11. The van der Waals surface area contributed by atoms with E-state index < -0.39 is 0 Å². The Hall–Kier alpha value is 0.1000. The topological polar surface area (TPSA) is 21.3 Å². The van der Waals surface area contributed by atoms with Crippen LogP contribution in [-0.4, -0.2) is 20.3 Å². The van der Waals surface area contributed by atoms with Crippen LogP contribution in [0.15, 0.2) is 27.1 Å². The van der Waals surface area contributed by atoms with Gasteiger partial charge < -0.3 is 10.1 Å². The van der Waals surface area contributed by atoms with E-state index in [4.69, 9.17) is 4.74 Å². The molecule has 0 aromatic heterocycles. The molecule has 0 bridgehead atoms. The first-order chi connectivity index (χ1) is 7.67. The van der Waals surface area contributed by atoms with E-state index in [1.165, 1.54) is 5.56 Å². The second kappa shape index (κ2) is 7.43. The maximum Gasteiger partial charge on any atom is 0.0657 e. The molecule has 2 nitrogen and oxygen atoms in total.